The number of halogens is 3. The molecule has 0 aromatic heterocycles. The van der Waals surface area contributed by atoms with Crippen LogP contribution in [0.4, 0.5) is 24.5 Å². The predicted octanol–water partition coefficient (Wildman–Crippen LogP) is 6.01. The van der Waals surface area contributed by atoms with Crippen LogP contribution < -0.4 is 10.2 Å². The molecule has 0 radical (unpaired) electrons. The summed E-state index contributed by atoms with van der Waals surface area (Å²) in [7, 11) is 1.41. The molecule has 0 saturated carbocycles. The first kappa shape index (κ1) is 24.3. The summed E-state index contributed by atoms with van der Waals surface area (Å²) in [6, 6.07) is 19.0. The number of carbonyl (C=O) groups excluding carboxylic acids is 2. The number of hydrogen-bond donors (Lipinski definition) is 1. The molecule has 1 amide bonds. The second kappa shape index (κ2) is 10.2. The second-order valence-corrected chi connectivity index (χ2v) is 8.41. The predicted molar refractivity (Wildman–Crippen MR) is 128 cm³/mol. The maximum absolute atomic E-state index is 13.0. The standard InChI is InChI=1S/C27H25F3N2O3/c1-35-26(34)19-14-16-32(17-15-19)22-12-10-21(11-13-22)31-25(33)24-5-3-2-4-23(24)18-6-8-20(9-7-18)27(28,29)30/h2-13,19H,14-17H2,1H3,(H,31,33). The number of rotatable bonds is 5. The summed E-state index contributed by atoms with van der Waals surface area (Å²) in [5, 5.41) is 2.87. The highest BCUT2D eigenvalue weighted by Gasteiger charge is 2.30. The van der Waals surface area contributed by atoms with E-state index in [1.165, 1.54) is 19.2 Å². The number of nitrogens with one attached hydrogen (secondary N) is 1. The molecule has 8 heteroatoms. The van der Waals surface area contributed by atoms with Crippen molar-refractivity contribution in [2.75, 3.05) is 30.4 Å². The van der Waals surface area contributed by atoms with Gasteiger partial charge >= 0.3 is 12.1 Å². The number of methoxy groups -OCH3 is 1. The Morgan fingerprint density at radius 3 is 2.14 bits per heavy atom. The van der Waals surface area contributed by atoms with Crippen molar-refractivity contribution < 1.29 is 27.5 Å². The molecular formula is C27H25F3N2O3. The number of carbonyl (C=O) groups is 2. The number of hydrogen-bond acceptors (Lipinski definition) is 4. The lowest BCUT2D eigenvalue weighted by Crippen LogP contribution is -2.36. The Hall–Kier alpha value is -3.81. The molecule has 3 aromatic carbocycles. The van der Waals surface area contributed by atoms with Crippen molar-refractivity contribution in [3.8, 4) is 11.1 Å². The summed E-state index contributed by atoms with van der Waals surface area (Å²) in [6.07, 6.45) is -2.96. The van der Waals surface area contributed by atoms with Crippen molar-refractivity contribution in [2.24, 2.45) is 5.92 Å². The van der Waals surface area contributed by atoms with E-state index >= 15 is 0 Å². The maximum atomic E-state index is 13.0. The fourth-order valence-electron chi connectivity index (χ4n) is 4.27. The largest absolute Gasteiger partial charge is 0.469 e. The zero-order valence-corrected chi connectivity index (χ0v) is 19.1. The van der Waals surface area contributed by atoms with Crippen LogP contribution in [0.1, 0.15) is 28.8 Å². The fraction of sp³-hybridized carbons (Fsp3) is 0.259. The van der Waals surface area contributed by atoms with Gasteiger partial charge in [0.2, 0.25) is 0 Å². The Bertz CT molecular complexity index is 1180. The van der Waals surface area contributed by atoms with Crippen molar-refractivity contribution in [3.63, 3.8) is 0 Å². The van der Waals surface area contributed by atoms with Gasteiger partial charge < -0.3 is 15.0 Å². The summed E-state index contributed by atoms with van der Waals surface area (Å²) in [5.41, 5.74) is 2.29. The maximum Gasteiger partial charge on any atom is 0.416 e. The van der Waals surface area contributed by atoms with Crippen molar-refractivity contribution in [2.45, 2.75) is 19.0 Å². The molecule has 0 spiro atoms. The number of nitrogens with zero attached hydrogens (tertiary/aromatic N) is 1. The molecule has 0 aliphatic carbocycles. The van der Waals surface area contributed by atoms with Crippen LogP contribution in [0.5, 0.6) is 0 Å². The fourth-order valence-corrected chi connectivity index (χ4v) is 4.27. The van der Waals surface area contributed by atoms with Crippen molar-refractivity contribution >= 4 is 23.3 Å². The number of anilines is 2. The summed E-state index contributed by atoms with van der Waals surface area (Å²) >= 11 is 0. The van der Waals surface area contributed by atoms with Crippen molar-refractivity contribution in [1.82, 2.24) is 0 Å². The molecule has 1 heterocycles. The van der Waals surface area contributed by atoms with Gasteiger partial charge in [0.05, 0.1) is 18.6 Å². The molecule has 1 saturated heterocycles. The topological polar surface area (TPSA) is 58.6 Å². The average molecular weight is 483 g/mol. The van der Waals surface area contributed by atoms with Gasteiger partial charge in [0.15, 0.2) is 0 Å². The first-order chi connectivity index (χ1) is 16.8. The average Bonchev–Trinajstić information content (AvgIpc) is 2.88. The Kier molecular flexibility index (Phi) is 7.10. The van der Waals surface area contributed by atoms with E-state index in [0.717, 1.165) is 43.8 Å². The molecule has 1 aliphatic heterocycles. The monoisotopic (exact) mass is 482 g/mol. The smallest absolute Gasteiger partial charge is 0.416 e. The van der Waals surface area contributed by atoms with Crippen LogP contribution in [-0.2, 0) is 15.7 Å². The summed E-state index contributed by atoms with van der Waals surface area (Å²) in [5.74, 6) is -0.592. The Morgan fingerprint density at radius 2 is 1.54 bits per heavy atom. The number of ether oxygens (including phenoxy) is 1. The number of benzene rings is 3. The minimum absolute atomic E-state index is 0.0699. The first-order valence-electron chi connectivity index (χ1n) is 11.3. The van der Waals surface area contributed by atoms with Crippen LogP contribution in [0.15, 0.2) is 72.8 Å². The summed E-state index contributed by atoms with van der Waals surface area (Å²) in [6.45, 7) is 1.48. The van der Waals surface area contributed by atoms with Crippen molar-refractivity contribution in [1.29, 1.82) is 0 Å². The number of amides is 1. The van der Waals surface area contributed by atoms with E-state index in [2.05, 4.69) is 10.2 Å². The third-order valence-electron chi connectivity index (χ3n) is 6.21. The highest BCUT2D eigenvalue weighted by atomic mass is 19.4. The molecule has 1 fully saturated rings. The van der Waals surface area contributed by atoms with Crippen molar-refractivity contribution in [3.05, 3.63) is 83.9 Å². The third-order valence-corrected chi connectivity index (χ3v) is 6.21. The van der Waals surface area contributed by atoms with Gasteiger partial charge in [-0.25, -0.2) is 0 Å². The Labute approximate surface area is 201 Å². The van der Waals surface area contributed by atoms with Crippen LogP contribution in [0.25, 0.3) is 11.1 Å². The molecule has 4 rings (SSSR count). The van der Waals surface area contributed by atoms with Gasteiger partial charge in [-0.1, -0.05) is 30.3 Å². The van der Waals surface area contributed by atoms with E-state index in [9.17, 15) is 22.8 Å². The van der Waals surface area contributed by atoms with Crippen LogP contribution >= 0.6 is 0 Å². The third kappa shape index (κ3) is 5.65. The number of esters is 1. The van der Waals surface area contributed by atoms with E-state index in [-0.39, 0.29) is 17.8 Å². The van der Waals surface area contributed by atoms with E-state index in [1.54, 1.807) is 36.4 Å². The highest BCUT2D eigenvalue weighted by Crippen LogP contribution is 2.32. The normalized spacial score (nSPS) is 14.5. The SMILES string of the molecule is COC(=O)C1CCN(c2ccc(NC(=O)c3ccccc3-c3ccc(C(F)(F)F)cc3)cc2)CC1. The van der Waals surface area contributed by atoms with Crippen LogP contribution in [-0.4, -0.2) is 32.1 Å². The minimum Gasteiger partial charge on any atom is -0.469 e. The molecule has 1 N–H and O–H groups in total. The Balaban J connectivity index is 1.44. The molecule has 0 atom stereocenters. The second-order valence-electron chi connectivity index (χ2n) is 8.41. The van der Waals surface area contributed by atoms with Gasteiger partial charge in [0.25, 0.3) is 5.91 Å². The minimum atomic E-state index is -4.42. The number of alkyl halides is 3. The molecular weight excluding hydrogens is 457 g/mol. The summed E-state index contributed by atoms with van der Waals surface area (Å²) in [4.78, 5) is 26.9. The van der Waals surface area contributed by atoms with Crippen LogP contribution in [0, 0.1) is 5.92 Å². The first-order valence-corrected chi connectivity index (χ1v) is 11.3. The van der Waals surface area contributed by atoms with E-state index in [4.69, 9.17) is 4.74 Å². The van der Waals surface area contributed by atoms with E-state index in [0.29, 0.717) is 22.4 Å². The lowest BCUT2D eigenvalue weighted by molar-refractivity contribution is -0.146. The zero-order chi connectivity index (χ0) is 25.0. The van der Waals surface area contributed by atoms with Gasteiger partial charge in [-0.15, -0.1) is 0 Å². The molecule has 0 unspecified atom stereocenters. The van der Waals surface area contributed by atoms with Crippen LogP contribution in [0.3, 0.4) is 0 Å². The lowest BCUT2D eigenvalue weighted by Gasteiger charge is -2.32. The zero-order valence-electron chi connectivity index (χ0n) is 19.1. The molecule has 5 nitrogen and oxygen atoms in total. The van der Waals surface area contributed by atoms with Crippen LogP contribution in [0.2, 0.25) is 0 Å². The molecule has 182 valence electrons. The van der Waals surface area contributed by atoms with Gasteiger partial charge in [0.1, 0.15) is 0 Å². The van der Waals surface area contributed by atoms with E-state index in [1.807, 2.05) is 12.1 Å². The molecule has 35 heavy (non-hydrogen) atoms. The van der Waals surface area contributed by atoms with Gasteiger partial charge in [-0.2, -0.15) is 13.2 Å². The highest BCUT2D eigenvalue weighted by molar-refractivity contribution is 6.08. The van der Waals surface area contributed by atoms with E-state index < -0.39 is 11.7 Å². The lowest BCUT2D eigenvalue weighted by atomic mass is 9.96. The van der Waals surface area contributed by atoms with Gasteiger partial charge in [-0.05, 0) is 66.4 Å². The molecule has 1 aliphatic rings. The Morgan fingerprint density at radius 1 is 0.914 bits per heavy atom. The quantitative estimate of drug-likeness (QED) is 0.452. The number of piperidine rings is 1. The molecule has 0 bridgehead atoms. The molecule has 3 aromatic rings. The van der Waals surface area contributed by atoms with Gasteiger partial charge in [0, 0.05) is 30.0 Å². The summed E-state index contributed by atoms with van der Waals surface area (Å²) < 4.78 is 43.5. The van der Waals surface area contributed by atoms with Gasteiger partial charge in [-0.3, -0.25) is 9.59 Å².